The van der Waals surface area contributed by atoms with E-state index in [0.29, 0.717) is 24.5 Å². The minimum atomic E-state index is -0.555. The van der Waals surface area contributed by atoms with Gasteiger partial charge in [0.2, 0.25) is 5.91 Å². The van der Waals surface area contributed by atoms with Crippen LogP contribution in [0.2, 0.25) is 0 Å². The van der Waals surface area contributed by atoms with Gasteiger partial charge < -0.3 is 15.0 Å². The largest absolute Gasteiger partial charge is 0.497 e. The zero-order chi connectivity index (χ0) is 26.5. The predicted octanol–water partition coefficient (Wildman–Crippen LogP) is 4.58. The normalized spacial score (nSPS) is 11.1. The maximum Gasteiger partial charge on any atom is 0.270 e. The van der Waals surface area contributed by atoms with E-state index in [9.17, 15) is 19.7 Å². The summed E-state index contributed by atoms with van der Waals surface area (Å²) in [5.74, 6) is 0.309. The molecule has 0 bridgehead atoms. The second kappa shape index (κ2) is 11.0. The minimum Gasteiger partial charge on any atom is -0.497 e. The highest BCUT2D eigenvalue weighted by Gasteiger charge is 2.24. The standard InChI is InChI=1S/C26H31N5O5/c1-6-14-29(25(33)18-8-7-9-20(15-18)31(34)35)17-24(32)27-23-16-22(26(2,3)4)28-30(23)19-10-12-21(36-5)13-11-19/h7-13,15-16H,6,14,17H2,1-5H3,(H,27,32). The molecule has 0 saturated heterocycles. The zero-order valence-electron chi connectivity index (χ0n) is 21.1. The van der Waals surface area contributed by atoms with Crippen LogP contribution in [0.1, 0.15) is 50.2 Å². The van der Waals surface area contributed by atoms with Crippen LogP contribution in [0.5, 0.6) is 5.75 Å². The minimum absolute atomic E-state index is 0.156. The van der Waals surface area contributed by atoms with Crippen molar-refractivity contribution in [2.45, 2.75) is 39.5 Å². The lowest BCUT2D eigenvalue weighted by atomic mass is 9.92. The topological polar surface area (TPSA) is 120 Å². The third-order valence-corrected chi connectivity index (χ3v) is 5.48. The van der Waals surface area contributed by atoms with Gasteiger partial charge in [0.25, 0.3) is 11.6 Å². The zero-order valence-corrected chi connectivity index (χ0v) is 21.1. The van der Waals surface area contributed by atoms with E-state index in [2.05, 4.69) is 5.32 Å². The third-order valence-electron chi connectivity index (χ3n) is 5.48. The first-order valence-electron chi connectivity index (χ1n) is 11.6. The number of nitro groups is 1. The van der Waals surface area contributed by atoms with Gasteiger partial charge in [-0.2, -0.15) is 5.10 Å². The highest BCUT2D eigenvalue weighted by atomic mass is 16.6. The van der Waals surface area contributed by atoms with Crippen molar-refractivity contribution in [3.05, 3.63) is 76.0 Å². The van der Waals surface area contributed by atoms with E-state index >= 15 is 0 Å². The van der Waals surface area contributed by atoms with Gasteiger partial charge in [0.15, 0.2) is 0 Å². The number of nitrogens with zero attached hydrogens (tertiary/aromatic N) is 4. The molecule has 0 atom stereocenters. The van der Waals surface area contributed by atoms with E-state index in [-0.39, 0.29) is 23.2 Å². The molecule has 1 N–H and O–H groups in total. The molecule has 0 aliphatic rings. The maximum absolute atomic E-state index is 13.1. The second-order valence-electron chi connectivity index (χ2n) is 9.36. The van der Waals surface area contributed by atoms with Crippen LogP contribution in [0.3, 0.4) is 0 Å². The van der Waals surface area contributed by atoms with Crippen molar-refractivity contribution in [3.8, 4) is 11.4 Å². The third kappa shape index (κ3) is 6.26. The Bertz CT molecular complexity index is 1240. The summed E-state index contributed by atoms with van der Waals surface area (Å²) in [7, 11) is 1.59. The molecule has 1 heterocycles. The van der Waals surface area contributed by atoms with Crippen molar-refractivity contribution < 1.29 is 19.2 Å². The highest BCUT2D eigenvalue weighted by molar-refractivity contribution is 5.99. The Balaban J connectivity index is 1.86. The van der Waals surface area contributed by atoms with Crippen LogP contribution in [0.25, 0.3) is 5.69 Å². The van der Waals surface area contributed by atoms with Crippen LogP contribution >= 0.6 is 0 Å². The Kier molecular flexibility index (Phi) is 8.08. The molecule has 1 aromatic heterocycles. The number of anilines is 1. The number of amides is 2. The number of methoxy groups -OCH3 is 1. The summed E-state index contributed by atoms with van der Waals surface area (Å²) in [6, 6.07) is 14.6. The van der Waals surface area contributed by atoms with Crippen LogP contribution < -0.4 is 10.1 Å². The number of hydrogen-bond donors (Lipinski definition) is 1. The first-order chi connectivity index (χ1) is 17.0. The van der Waals surface area contributed by atoms with Gasteiger partial charge in [0.05, 0.1) is 23.4 Å². The summed E-state index contributed by atoms with van der Waals surface area (Å²) in [5, 5.41) is 18.7. The Hall–Kier alpha value is -4.21. The summed E-state index contributed by atoms with van der Waals surface area (Å²) >= 11 is 0. The molecular weight excluding hydrogens is 462 g/mol. The molecule has 36 heavy (non-hydrogen) atoms. The average Bonchev–Trinajstić information content (AvgIpc) is 3.27. The fourth-order valence-corrected chi connectivity index (χ4v) is 3.57. The molecule has 10 heteroatoms. The summed E-state index contributed by atoms with van der Waals surface area (Å²) in [5.41, 5.74) is 1.23. The van der Waals surface area contributed by atoms with Gasteiger partial charge >= 0.3 is 0 Å². The number of rotatable bonds is 9. The van der Waals surface area contributed by atoms with Crippen molar-refractivity contribution in [2.75, 3.05) is 25.5 Å². The van der Waals surface area contributed by atoms with Crippen molar-refractivity contribution in [1.82, 2.24) is 14.7 Å². The van der Waals surface area contributed by atoms with Crippen molar-refractivity contribution in [2.24, 2.45) is 0 Å². The molecule has 3 rings (SSSR count). The first-order valence-corrected chi connectivity index (χ1v) is 11.6. The maximum atomic E-state index is 13.1. The Labute approximate surface area is 210 Å². The van der Waals surface area contributed by atoms with E-state index in [1.807, 2.05) is 45.9 Å². The van der Waals surface area contributed by atoms with E-state index in [1.54, 1.807) is 23.9 Å². The lowest BCUT2D eigenvalue weighted by Gasteiger charge is -2.21. The smallest absolute Gasteiger partial charge is 0.270 e. The van der Waals surface area contributed by atoms with E-state index in [4.69, 9.17) is 9.84 Å². The molecule has 0 aliphatic heterocycles. The summed E-state index contributed by atoms with van der Waals surface area (Å²) < 4.78 is 6.87. The van der Waals surface area contributed by atoms with Gasteiger partial charge in [-0.1, -0.05) is 33.8 Å². The molecule has 190 valence electrons. The molecule has 2 amide bonds. The van der Waals surface area contributed by atoms with Crippen LogP contribution in [-0.2, 0) is 10.2 Å². The number of hydrogen-bond acceptors (Lipinski definition) is 6. The van der Waals surface area contributed by atoms with Crippen LogP contribution in [0.15, 0.2) is 54.6 Å². The van der Waals surface area contributed by atoms with Crippen LogP contribution in [-0.4, -0.2) is 51.6 Å². The molecule has 0 saturated carbocycles. The number of non-ortho nitro benzene ring substituents is 1. The molecule has 0 spiro atoms. The van der Waals surface area contributed by atoms with Crippen LogP contribution in [0, 0.1) is 10.1 Å². The Morgan fingerprint density at radius 2 is 1.83 bits per heavy atom. The van der Waals surface area contributed by atoms with E-state index in [1.165, 1.54) is 29.2 Å². The summed E-state index contributed by atoms with van der Waals surface area (Å²) in [6.45, 7) is 8.08. The van der Waals surface area contributed by atoms with Gasteiger partial charge in [0, 0.05) is 35.7 Å². The molecule has 0 aliphatic carbocycles. The number of benzene rings is 2. The molecule has 2 aromatic carbocycles. The monoisotopic (exact) mass is 493 g/mol. The lowest BCUT2D eigenvalue weighted by Crippen LogP contribution is -2.38. The van der Waals surface area contributed by atoms with E-state index < -0.39 is 16.7 Å². The number of carbonyl (C=O) groups excluding carboxylic acids is 2. The average molecular weight is 494 g/mol. The number of nitro benzene ring substituents is 1. The van der Waals surface area contributed by atoms with Crippen molar-refractivity contribution >= 4 is 23.3 Å². The summed E-state index contributed by atoms with van der Waals surface area (Å²) in [6.07, 6.45) is 0.617. The molecule has 3 aromatic rings. The van der Waals surface area contributed by atoms with Gasteiger partial charge in [-0.3, -0.25) is 19.7 Å². The van der Waals surface area contributed by atoms with Gasteiger partial charge in [0.1, 0.15) is 18.1 Å². The number of aromatic nitrogens is 2. The fourth-order valence-electron chi connectivity index (χ4n) is 3.57. The van der Waals surface area contributed by atoms with Gasteiger partial charge in [-0.05, 0) is 36.8 Å². The quantitative estimate of drug-likeness (QED) is 0.344. The highest BCUT2D eigenvalue weighted by Crippen LogP contribution is 2.27. The molecular formula is C26H31N5O5. The molecule has 0 unspecified atom stereocenters. The summed E-state index contributed by atoms with van der Waals surface area (Å²) in [4.78, 5) is 38.1. The van der Waals surface area contributed by atoms with Crippen molar-refractivity contribution in [3.63, 3.8) is 0 Å². The number of ether oxygens (including phenoxy) is 1. The van der Waals surface area contributed by atoms with Gasteiger partial charge in [-0.15, -0.1) is 0 Å². The van der Waals surface area contributed by atoms with Crippen molar-refractivity contribution in [1.29, 1.82) is 0 Å². The lowest BCUT2D eigenvalue weighted by molar-refractivity contribution is -0.384. The van der Waals surface area contributed by atoms with Gasteiger partial charge in [-0.25, -0.2) is 4.68 Å². The SMILES string of the molecule is CCCN(CC(=O)Nc1cc(C(C)(C)C)nn1-c1ccc(OC)cc1)C(=O)c1cccc([N+](=O)[O-])c1. The Morgan fingerprint density at radius 3 is 2.42 bits per heavy atom. The second-order valence-corrected chi connectivity index (χ2v) is 9.36. The van der Waals surface area contributed by atoms with Crippen LogP contribution in [0.4, 0.5) is 11.5 Å². The molecule has 0 fully saturated rings. The van der Waals surface area contributed by atoms with E-state index in [0.717, 1.165) is 11.4 Å². The molecule has 0 radical (unpaired) electrons. The Morgan fingerprint density at radius 1 is 1.14 bits per heavy atom. The number of nitrogens with one attached hydrogen (secondary N) is 1. The predicted molar refractivity (Wildman–Crippen MR) is 137 cm³/mol. The fraction of sp³-hybridized carbons (Fsp3) is 0.346. The molecule has 10 nitrogen and oxygen atoms in total. The first kappa shape index (κ1) is 26.4. The number of carbonyl (C=O) groups is 2.